The van der Waals surface area contributed by atoms with Gasteiger partial charge in [-0.2, -0.15) is 0 Å². The maximum absolute atomic E-state index is 13.2. The average Bonchev–Trinajstić information content (AvgIpc) is 3.04. The summed E-state index contributed by atoms with van der Waals surface area (Å²) in [7, 11) is 0. The van der Waals surface area contributed by atoms with E-state index in [0.29, 0.717) is 25.7 Å². The van der Waals surface area contributed by atoms with E-state index in [4.69, 9.17) is 10.5 Å². The van der Waals surface area contributed by atoms with Crippen LogP contribution in [0.1, 0.15) is 31.2 Å². The lowest BCUT2D eigenvalue weighted by Gasteiger charge is -2.31. The van der Waals surface area contributed by atoms with Crippen molar-refractivity contribution in [3.05, 3.63) is 35.6 Å². The highest BCUT2D eigenvalue weighted by Crippen LogP contribution is 2.41. The molecule has 120 valence electrons. The molecular formula is C17H24FN3O. The molecule has 2 N–H and O–H groups in total. The fourth-order valence-electron chi connectivity index (χ4n) is 3.52. The van der Waals surface area contributed by atoms with Gasteiger partial charge in [0.25, 0.3) is 0 Å². The van der Waals surface area contributed by atoms with Crippen LogP contribution in [0.3, 0.4) is 0 Å². The predicted molar refractivity (Wildman–Crippen MR) is 85.4 cm³/mol. The number of aliphatic imine (C=N–C) groups is 1. The molecule has 5 heteroatoms. The van der Waals surface area contributed by atoms with Gasteiger partial charge < -0.3 is 15.4 Å². The van der Waals surface area contributed by atoms with Gasteiger partial charge in [0.05, 0.1) is 19.8 Å². The van der Waals surface area contributed by atoms with Gasteiger partial charge in [-0.25, -0.2) is 4.39 Å². The third kappa shape index (κ3) is 3.24. The van der Waals surface area contributed by atoms with Gasteiger partial charge >= 0.3 is 0 Å². The number of rotatable bonds is 3. The summed E-state index contributed by atoms with van der Waals surface area (Å²) in [5.41, 5.74) is 7.35. The monoisotopic (exact) mass is 305 g/mol. The van der Waals surface area contributed by atoms with E-state index < -0.39 is 0 Å². The molecule has 1 saturated heterocycles. The quantitative estimate of drug-likeness (QED) is 0.688. The van der Waals surface area contributed by atoms with Crippen LogP contribution in [-0.4, -0.2) is 43.7 Å². The van der Waals surface area contributed by atoms with E-state index in [1.54, 1.807) is 12.1 Å². The molecule has 2 aliphatic rings. The molecule has 0 unspecified atom stereocenters. The summed E-state index contributed by atoms with van der Waals surface area (Å²) in [5.74, 6) is 0.421. The Kier molecular flexibility index (Phi) is 4.62. The van der Waals surface area contributed by atoms with Crippen LogP contribution in [0.2, 0.25) is 0 Å². The number of ether oxygens (including phenoxy) is 1. The van der Waals surface area contributed by atoms with Crippen molar-refractivity contribution in [2.24, 2.45) is 10.7 Å². The van der Waals surface area contributed by atoms with Gasteiger partial charge in [0, 0.05) is 18.5 Å². The summed E-state index contributed by atoms with van der Waals surface area (Å²) in [5, 5.41) is 0. The van der Waals surface area contributed by atoms with E-state index in [9.17, 15) is 4.39 Å². The van der Waals surface area contributed by atoms with Crippen molar-refractivity contribution < 1.29 is 9.13 Å². The molecule has 1 heterocycles. The highest BCUT2D eigenvalue weighted by atomic mass is 19.1. The molecule has 1 aliphatic heterocycles. The summed E-state index contributed by atoms with van der Waals surface area (Å²) < 4.78 is 18.5. The van der Waals surface area contributed by atoms with Crippen LogP contribution >= 0.6 is 0 Å². The Labute approximate surface area is 131 Å². The molecule has 1 aliphatic carbocycles. The summed E-state index contributed by atoms with van der Waals surface area (Å²) in [6.45, 7) is 3.71. The van der Waals surface area contributed by atoms with Crippen molar-refractivity contribution in [3.63, 3.8) is 0 Å². The van der Waals surface area contributed by atoms with E-state index in [1.165, 1.54) is 18.4 Å². The summed E-state index contributed by atoms with van der Waals surface area (Å²) in [6, 6.07) is 6.90. The molecule has 0 spiro atoms. The van der Waals surface area contributed by atoms with Crippen LogP contribution in [0.15, 0.2) is 29.3 Å². The normalized spacial score (nSPS) is 22.0. The third-order valence-electron chi connectivity index (χ3n) is 4.90. The maximum atomic E-state index is 13.2. The molecule has 22 heavy (non-hydrogen) atoms. The second-order valence-electron chi connectivity index (χ2n) is 6.27. The lowest BCUT2D eigenvalue weighted by molar-refractivity contribution is 0.0673. The van der Waals surface area contributed by atoms with Crippen molar-refractivity contribution in [1.29, 1.82) is 0 Å². The van der Waals surface area contributed by atoms with E-state index in [-0.39, 0.29) is 11.2 Å². The number of halogens is 1. The van der Waals surface area contributed by atoms with Gasteiger partial charge in [0.15, 0.2) is 5.96 Å². The van der Waals surface area contributed by atoms with Crippen molar-refractivity contribution in [1.82, 2.24) is 4.90 Å². The summed E-state index contributed by atoms with van der Waals surface area (Å²) >= 11 is 0. The molecule has 0 aromatic heterocycles. The fraction of sp³-hybridized carbons (Fsp3) is 0.588. The van der Waals surface area contributed by atoms with Gasteiger partial charge in [0.2, 0.25) is 0 Å². The molecule has 1 aromatic rings. The predicted octanol–water partition coefficient (Wildman–Crippen LogP) is 2.28. The van der Waals surface area contributed by atoms with Crippen molar-refractivity contribution >= 4 is 5.96 Å². The first-order valence-corrected chi connectivity index (χ1v) is 8.08. The highest BCUT2D eigenvalue weighted by molar-refractivity contribution is 5.78. The Balaban J connectivity index is 1.75. The Bertz CT molecular complexity index is 517. The molecule has 2 fully saturated rings. The van der Waals surface area contributed by atoms with Gasteiger partial charge in [-0.15, -0.1) is 0 Å². The SMILES string of the molecule is NC(=NCC1(c2ccc(F)cc2)CCCC1)N1CCOCC1. The molecule has 0 bridgehead atoms. The van der Waals surface area contributed by atoms with Crippen LogP contribution in [0.4, 0.5) is 4.39 Å². The molecular weight excluding hydrogens is 281 g/mol. The zero-order chi connectivity index (χ0) is 15.4. The summed E-state index contributed by atoms with van der Waals surface area (Å²) in [6.07, 6.45) is 4.59. The molecule has 3 rings (SSSR count). The molecule has 1 aromatic carbocycles. The van der Waals surface area contributed by atoms with Gasteiger partial charge in [-0.3, -0.25) is 4.99 Å². The number of benzene rings is 1. The van der Waals surface area contributed by atoms with E-state index in [2.05, 4.69) is 9.89 Å². The Hall–Kier alpha value is -1.62. The molecule has 4 nitrogen and oxygen atoms in total. The molecule has 1 saturated carbocycles. The Morgan fingerprint density at radius 2 is 1.82 bits per heavy atom. The first-order chi connectivity index (χ1) is 10.7. The lowest BCUT2D eigenvalue weighted by atomic mass is 9.79. The number of hydrogen-bond acceptors (Lipinski definition) is 2. The number of nitrogens with two attached hydrogens (primary N) is 1. The standard InChI is InChI=1S/C17H24FN3O/c18-15-5-3-14(4-6-15)17(7-1-2-8-17)13-20-16(19)21-9-11-22-12-10-21/h3-6H,1-2,7-13H2,(H2,19,20). The van der Waals surface area contributed by atoms with Crippen LogP contribution in [0.5, 0.6) is 0 Å². The largest absolute Gasteiger partial charge is 0.378 e. The smallest absolute Gasteiger partial charge is 0.191 e. The number of guanidine groups is 1. The van der Waals surface area contributed by atoms with E-state index in [0.717, 1.165) is 25.9 Å². The topological polar surface area (TPSA) is 50.8 Å². The number of morpholine rings is 1. The number of hydrogen-bond donors (Lipinski definition) is 1. The van der Waals surface area contributed by atoms with Crippen LogP contribution in [0.25, 0.3) is 0 Å². The van der Waals surface area contributed by atoms with Gasteiger partial charge in [-0.1, -0.05) is 25.0 Å². The summed E-state index contributed by atoms with van der Waals surface area (Å²) in [4.78, 5) is 6.75. The minimum Gasteiger partial charge on any atom is -0.378 e. The Morgan fingerprint density at radius 1 is 1.18 bits per heavy atom. The number of nitrogens with zero attached hydrogens (tertiary/aromatic N) is 2. The minimum absolute atomic E-state index is 0.0185. The van der Waals surface area contributed by atoms with Gasteiger partial charge in [-0.05, 0) is 30.5 Å². The zero-order valence-corrected chi connectivity index (χ0v) is 12.9. The third-order valence-corrected chi connectivity index (χ3v) is 4.90. The highest BCUT2D eigenvalue weighted by Gasteiger charge is 2.35. The second-order valence-corrected chi connectivity index (χ2v) is 6.27. The van der Waals surface area contributed by atoms with E-state index >= 15 is 0 Å². The van der Waals surface area contributed by atoms with Gasteiger partial charge in [0.1, 0.15) is 5.82 Å². The average molecular weight is 305 g/mol. The Morgan fingerprint density at radius 3 is 2.45 bits per heavy atom. The van der Waals surface area contributed by atoms with Crippen LogP contribution in [-0.2, 0) is 10.2 Å². The molecule has 0 amide bonds. The van der Waals surface area contributed by atoms with E-state index in [1.807, 2.05) is 12.1 Å². The molecule has 0 radical (unpaired) electrons. The minimum atomic E-state index is -0.187. The fourth-order valence-corrected chi connectivity index (χ4v) is 3.52. The zero-order valence-electron chi connectivity index (χ0n) is 12.9. The molecule has 0 atom stereocenters. The van der Waals surface area contributed by atoms with Crippen molar-refractivity contribution in [3.8, 4) is 0 Å². The van der Waals surface area contributed by atoms with Crippen LogP contribution in [0, 0.1) is 5.82 Å². The van der Waals surface area contributed by atoms with Crippen molar-refractivity contribution in [2.75, 3.05) is 32.8 Å². The second kappa shape index (κ2) is 6.65. The first kappa shape index (κ1) is 15.3. The first-order valence-electron chi connectivity index (χ1n) is 8.08. The van der Waals surface area contributed by atoms with Crippen LogP contribution < -0.4 is 5.73 Å². The lowest BCUT2D eigenvalue weighted by Crippen LogP contribution is -2.45. The van der Waals surface area contributed by atoms with Crippen molar-refractivity contribution in [2.45, 2.75) is 31.1 Å². The maximum Gasteiger partial charge on any atom is 0.191 e.